The lowest BCUT2D eigenvalue weighted by Crippen LogP contribution is -2.26. The minimum atomic E-state index is -0.304. The predicted octanol–water partition coefficient (Wildman–Crippen LogP) is 3.50. The summed E-state index contributed by atoms with van der Waals surface area (Å²) in [5.41, 5.74) is 1.90. The molecule has 0 radical (unpaired) electrons. The van der Waals surface area contributed by atoms with Crippen molar-refractivity contribution in [1.29, 1.82) is 0 Å². The van der Waals surface area contributed by atoms with E-state index in [4.69, 9.17) is 0 Å². The second kappa shape index (κ2) is 4.26. The van der Waals surface area contributed by atoms with Crippen LogP contribution in [0.3, 0.4) is 0 Å². The SMILES string of the molecule is Cc1c(NC2CC3CCC2C3)cccc1[N+](=O)[O-]. The minimum Gasteiger partial charge on any atom is -0.382 e. The van der Waals surface area contributed by atoms with Crippen LogP contribution in [0.1, 0.15) is 31.2 Å². The third-order valence-electron chi connectivity index (χ3n) is 4.58. The Morgan fingerprint density at radius 2 is 2.17 bits per heavy atom. The maximum Gasteiger partial charge on any atom is 0.274 e. The van der Waals surface area contributed by atoms with Crippen LogP contribution in [0.5, 0.6) is 0 Å². The molecule has 2 saturated carbocycles. The van der Waals surface area contributed by atoms with E-state index in [0.29, 0.717) is 6.04 Å². The summed E-state index contributed by atoms with van der Waals surface area (Å²) in [6.45, 7) is 1.83. The summed E-state index contributed by atoms with van der Waals surface area (Å²) >= 11 is 0. The lowest BCUT2D eigenvalue weighted by molar-refractivity contribution is -0.385. The number of nitrogens with zero attached hydrogens (tertiary/aromatic N) is 1. The van der Waals surface area contributed by atoms with Gasteiger partial charge in [-0.05, 0) is 44.1 Å². The van der Waals surface area contributed by atoms with E-state index in [-0.39, 0.29) is 10.6 Å². The van der Waals surface area contributed by atoms with Crippen LogP contribution in [-0.4, -0.2) is 11.0 Å². The first kappa shape index (κ1) is 11.5. The lowest BCUT2D eigenvalue weighted by atomic mass is 9.95. The molecule has 3 rings (SSSR count). The molecule has 0 spiro atoms. The fourth-order valence-electron chi connectivity index (χ4n) is 3.60. The summed E-state index contributed by atoms with van der Waals surface area (Å²) in [5, 5.41) is 14.4. The third-order valence-corrected chi connectivity index (χ3v) is 4.58. The molecule has 1 aromatic carbocycles. The number of nitro groups is 1. The van der Waals surface area contributed by atoms with E-state index < -0.39 is 0 Å². The quantitative estimate of drug-likeness (QED) is 0.656. The molecule has 0 aromatic heterocycles. The van der Waals surface area contributed by atoms with Gasteiger partial charge < -0.3 is 5.32 Å². The Labute approximate surface area is 107 Å². The molecule has 0 aliphatic heterocycles. The molecule has 1 aromatic rings. The summed E-state index contributed by atoms with van der Waals surface area (Å²) in [5.74, 6) is 1.65. The van der Waals surface area contributed by atoms with Gasteiger partial charge in [0.05, 0.1) is 4.92 Å². The second-order valence-electron chi connectivity index (χ2n) is 5.63. The van der Waals surface area contributed by atoms with Crippen molar-refractivity contribution in [2.45, 2.75) is 38.6 Å². The molecule has 2 aliphatic rings. The highest BCUT2D eigenvalue weighted by atomic mass is 16.6. The number of anilines is 1. The van der Waals surface area contributed by atoms with Crippen LogP contribution in [0.15, 0.2) is 18.2 Å². The zero-order chi connectivity index (χ0) is 12.7. The number of fused-ring (bicyclic) bond motifs is 2. The number of hydrogen-bond acceptors (Lipinski definition) is 3. The minimum absolute atomic E-state index is 0.211. The third kappa shape index (κ3) is 1.85. The van der Waals surface area contributed by atoms with Gasteiger partial charge in [-0.15, -0.1) is 0 Å². The van der Waals surface area contributed by atoms with E-state index in [0.717, 1.165) is 23.1 Å². The Kier molecular flexibility index (Phi) is 2.73. The van der Waals surface area contributed by atoms with Gasteiger partial charge in [0.15, 0.2) is 0 Å². The molecule has 4 nitrogen and oxygen atoms in total. The molecule has 2 bridgehead atoms. The smallest absolute Gasteiger partial charge is 0.274 e. The van der Waals surface area contributed by atoms with Gasteiger partial charge >= 0.3 is 0 Å². The highest BCUT2D eigenvalue weighted by Gasteiger charge is 2.39. The fraction of sp³-hybridized carbons (Fsp3) is 0.571. The Morgan fingerprint density at radius 3 is 2.78 bits per heavy atom. The van der Waals surface area contributed by atoms with Gasteiger partial charge in [0, 0.05) is 23.4 Å². The summed E-state index contributed by atoms with van der Waals surface area (Å²) < 4.78 is 0. The van der Waals surface area contributed by atoms with E-state index in [1.807, 2.05) is 13.0 Å². The zero-order valence-electron chi connectivity index (χ0n) is 10.6. The Bertz CT molecular complexity index is 487. The largest absolute Gasteiger partial charge is 0.382 e. The topological polar surface area (TPSA) is 55.2 Å². The van der Waals surface area contributed by atoms with E-state index >= 15 is 0 Å². The number of benzene rings is 1. The van der Waals surface area contributed by atoms with Gasteiger partial charge in [-0.25, -0.2) is 0 Å². The van der Waals surface area contributed by atoms with Crippen LogP contribution in [0.4, 0.5) is 11.4 Å². The summed E-state index contributed by atoms with van der Waals surface area (Å²) in [4.78, 5) is 10.6. The molecule has 0 amide bonds. The second-order valence-corrected chi connectivity index (χ2v) is 5.63. The molecule has 1 N–H and O–H groups in total. The number of nitrogens with one attached hydrogen (secondary N) is 1. The van der Waals surface area contributed by atoms with Crippen LogP contribution in [-0.2, 0) is 0 Å². The molecule has 3 unspecified atom stereocenters. The van der Waals surface area contributed by atoms with E-state index in [1.54, 1.807) is 12.1 Å². The molecule has 96 valence electrons. The van der Waals surface area contributed by atoms with Crippen molar-refractivity contribution in [3.05, 3.63) is 33.9 Å². The van der Waals surface area contributed by atoms with Crippen molar-refractivity contribution in [2.75, 3.05) is 5.32 Å². The molecular formula is C14H18N2O2. The lowest BCUT2D eigenvalue weighted by Gasteiger charge is -2.24. The Morgan fingerprint density at radius 1 is 1.33 bits per heavy atom. The maximum absolute atomic E-state index is 10.9. The van der Waals surface area contributed by atoms with Crippen molar-refractivity contribution in [2.24, 2.45) is 11.8 Å². The van der Waals surface area contributed by atoms with Gasteiger partial charge in [0.25, 0.3) is 5.69 Å². The van der Waals surface area contributed by atoms with Gasteiger partial charge in [0.2, 0.25) is 0 Å². The molecule has 18 heavy (non-hydrogen) atoms. The Hall–Kier alpha value is -1.58. The first-order valence-electron chi connectivity index (χ1n) is 6.65. The Balaban J connectivity index is 1.81. The summed E-state index contributed by atoms with van der Waals surface area (Å²) in [6, 6.07) is 5.81. The molecule has 4 heteroatoms. The van der Waals surface area contributed by atoms with E-state index in [2.05, 4.69) is 5.32 Å². The first-order valence-corrected chi connectivity index (χ1v) is 6.65. The maximum atomic E-state index is 10.9. The molecule has 2 aliphatic carbocycles. The monoisotopic (exact) mass is 246 g/mol. The van der Waals surface area contributed by atoms with Crippen molar-refractivity contribution in [1.82, 2.24) is 0 Å². The summed E-state index contributed by atoms with van der Waals surface area (Å²) in [7, 11) is 0. The van der Waals surface area contributed by atoms with Crippen molar-refractivity contribution >= 4 is 11.4 Å². The van der Waals surface area contributed by atoms with Gasteiger partial charge in [-0.3, -0.25) is 10.1 Å². The molecular weight excluding hydrogens is 228 g/mol. The average molecular weight is 246 g/mol. The van der Waals surface area contributed by atoms with Crippen LogP contribution < -0.4 is 5.32 Å². The van der Waals surface area contributed by atoms with Crippen LogP contribution in [0.2, 0.25) is 0 Å². The fourth-order valence-corrected chi connectivity index (χ4v) is 3.60. The number of rotatable bonds is 3. The number of nitro benzene ring substituents is 1. The normalized spacial score (nSPS) is 29.5. The van der Waals surface area contributed by atoms with Crippen molar-refractivity contribution in [3.8, 4) is 0 Å². The van der Waals surface area contributed by atoms with E-state index in [1.165, 1.54) is 25.7 Å². The molecule has 3 atom stereocenters. The molecule has 0 saturated heterocycles. The molecule has 2 fully saturated rings. The predicted molar refractivity (Wildman–Crippen MR) is 70.7 cm³/mol. The van der Waals surface area contributed by atoms with Crippen LogP contribution in [0, 0.1) is 28.9 Å². The average Bonchev–Trinajstić information content (AvgIpc) is 2.93. The van der Waals surface area contributed by atoms with Crippen molar-refractivity contribution < 1.29 is 4.92 Å². The highest BCUT2D eigenvalue weighted by Crippen LogP contribution is 2.45. The summed E-state index contributed by atoms with van der Waals surface area (Å²) in [6.07, 6.45) is 5.26. The standard InChI is InChI=1S/C14H18N2O2/c1-9-12(3-2-4-14(9)16(17)18)15-13-8-10-5-6-11(13)7-10/h2-4,10-11,13,15H,5-8H2,1H3. The van der Waals surface area contributed by atoms with Gasteiger partial charge in [-0.2, -0.15) is 0 Å². The van der Waals surface area contributed by atoms with Crippen molar-refractivity contribution in [3.63, 3.8) is 0 Å². The first-order chi connectivity index (χ1) is 8.65. The van der Waals surface area contributed by atoms with E-state index in [9.17, 15) is 10.1 Å². The zero-order valence-corrected chi connectivity index (χ0v) is 10.6. The van der Waals surface area contributed by atoms with Gasteiger partial charge in [-0.1, -0.05) is 12.5 Å². The highest BCUT2D eigenvalue weighted by molar-refractivity contribution is 5.60. The van der Waals surface area contributed by atoms with Crippen LogP contribution >= 0.6 is 0 Å². The van der Waals surface area contributed by atoms with Gasteiger partial charge in [0.1, 0.15) is 0 Å². The molecule has 0 heterocycles. The number of hydrogen-bond donors (Lipinski definition) is 1. The van der Waals surface area contributed by atoms with Crippen LogP contribution in [0.25, 0.3) is 0 Å².